The fourth-order valence-electron chi connectivity index (χ4n) is 3.82. The number of hydrogen-bond acceptors (Lipinski definition) is 2. The Kier molecular flexibility index (Phi) is 4.87. The fraction of sp³-hybridized carbons (Fsp3) is 1.00. The van der Waals surface area contributed by atoms with Crippen LogP contribution in [-0.4, -0.2) is 30.1 Å². The van der Waals surface area contributed by atoms with Crippen LogP contribution in [0.5, 0.6) is 0 Å². The minimum atomic E-state index is 0.426. The molecule has 0 spiro atoms. The lowest BCUT2D eigenvalue weighted by atomic mass is 9.84. The molecule has 2 aliphatic rings. The van der Waals surface area contributed by atoms with E-state index in [2.05, 4.69) is 18.7 Å². The molecule has 0 amide bonds. The summed E-state index contributed by atoms with van der Waals surface area (Å²) in [5, 5.41) is 0. The summed E-state index contributed by atoms with van der Waals surface area (Å²) in [5.41, 5.74) is 6.45. The zero-order valence-corrected chi connectivity index (χ0v) is 11.7. The average Bonchev–Trinajstić information content (AvgIpc) is 2.78. The Morgan fingerprint density at radius 2 is 1.76 bits per heavy atom. The van der Waals surface area contributed by atoms with Gasteiger partial charge in [-0.25, -0.2) is 0 Å². The molecule has 100 valence electrons. The largest absolute Gasteiger partial charge is 0.326 e. The van der Waals surface area contributed by atoms with E-state index < -0.39 is 0 Å². The van der Waals surface area contributed by atoms with Crippen LogP contribution in [0.1, 0.15) is 58.8 Å². The predicted octanol–water partition coefficient (Wildman–Crippen LogP) is 3.01. The second-order valence-electron chi connectivity index (χ2n) is 6.51. The summed E-state index contributed by atoms with van der Waals surface area (Å²) in [6, 6.07) is 1.22. The van der Waals surface area contributed by atoms with Crippen LogP contribution in [0.3, 0.4) is 0 Å². The van der Waals surface area contributed by atoms with Crippen molar-refractivity contribution in [1.29, 1.82) is 0 Å². The molecule has 2 N–H and O–H groups in total. The highest BCUT2D eigenvalue weighted by Gasteiger charge is 2.30. The summed E-state index contributed by atoms with van der Waals surface area (Å²) in [4.78, 5) is 2.67. The minimum Gasteiger partial charge on any atom is -0.326 e. The molecular formula is C15H30N2. The second-order valence-corrected chi connectivity index (χ2v) is 6.51. The molecule has 1 aliphatic heterocycles. The van der Waals surface area contributed by atoms with Gasteiger partial charge in [0.05, 0.1) is 0 Å². The summed E-state index contributed by atoms with van der Waals surface area (Å²) in [7, 11) is 0. The first-order valence-corrected chi connectivity index (χ1v) is 7.68. The third-order valence-corrected chi connectivity index (χ3v) is 4.88. The molecule has 1 aliphatic carbocycles. The van der Waals surface area contributed by atoms with Gasteiger partial charge in [-0.3, -0.25) is 4.90 Å². The van der Waals surface area contributed by atoms with Crippen molar-refractivity contribution in [3.05, 3.63) is 0 Å². The highest BCUT2D eigenvalue weighted by molar-refractivity contribution is 4.86. The number of likely N-dealkylation sites (tertiary alicyclic amines) is 1. The topological polar surface area (TPSA) is 29.3 Å². The van der Waals surface area contributed by atoms with E-state index >= 15 is 0 Å². The molecule has 2 heteroatoms. The molecule has 2 nitrogen and oxygen atoms in total. The van der Waals surface area contributed by atoms with Gasteiger partial charge in [-0.05, 0) is 44.1 Å². The van der Waals surface area contributed by atoms with Gasteiger partial charge in [0, 0.05) is 18.6 Å². The van der Waals surface area contributed by atoms with Gasteiger partial charge in [0.25, 0.3) is 0 Å². The van der Waals surface area contributed by atoms with Gasteiger partial charge in [-0.2, -0.15) is 0 Å². The van der Waals surface area contributed by atoms with Crippen LogP contribution < -0.4 is 5.73 Å². The van der Waals surface area contributed by atoms with Crippen molar-refractivity contribution in [3.8, 4) is 0 Å². The van der Waals surface area contributed by atoms with E-state index in [0.717, 1.165) is 24.4 Å². The van der Waals surface area contributed by atoms with Gasteiger partial charge in [-0.15, -0.1) is 0 Å². The molecule has 0 aromatic carbocycles. The lowest BCUT2D eigenvalue weighted by Crippen LogP contribution is -2.45. The molecule has 2 rings (SSSR count). The number of nitrogens with two attached hydrogens (primary N) is 1. The van der Waals surface area contributed by atoms with E-state index in [1.807, 2.05) is 0 Å². The van der Waals surface area contributed by atoms with Gasteiger partial charge < -0.3 is 5.73 Å². The second kappa shape index (κ2) is 6.19. The summed E-state index contributed by atoms with van der Waals surface area (Å²) < 4.78 is 0. The third kappa shape index (κ3) is 3.45. The Balaban J connectivity index is 1.82. The van der Waals surface area contributed by atoms with Crippen molar-refractivity contribution in [1.82, 2.24) is 4.90 Å². The van der Waals surface area contributed by atoms with Crippen LogP contribution in [0.15, 0.2) is 0 Å². The highest BCUT2D eigenvalue weighted by atomic mass is 15.2. The molecule has 0 aromatic heterocycles. The molecule has 0 bridgehead atoms. The summed E-state index contributed by atoms with van der Waals surface area (Å²) in [6.45, 7) is 7.14. The van der Waals surface area contributed by atoms with Crippen molar-refractivity contribution in [3.63, 3.8) is 0 Å². The molecule has 0 aromatic rings. The third-order valence-electron chi connectivity index (χ3n) is 4.88. The fourth-order valence-corrected chi connectivity index (χ4v) is 3.82. The maximum Gasteiger partial charge on any atom is 0.0196 e. The van der Waals surface area contributed by atoms with Crippen LogP contribution in [0.25, 0.3) is 0 Å². The SMILES string of the molecule is CC(C)C1CCCN1CC(N)C1CCCCC1. The first-order chi connectivity index (χ1) is 8.18. The van der Waals surface area contributed by atoms with E-state index in [-0.39, 0.29) is 0 Å². The van der Waals surface area contributed by atoms with Crippen molar-refractivity contribution in [2.24, 2.45) is 17.6 Å². The molecular weight excluding hydrogens is 208 g/mol. The maximum absolute atomic E-state index is 6.45. The summed E-state index contributed by atoms with van der Waals surface area (Å²) in [5.74, 6) is 1.59. The monoisotopic (exact) mass is 238 g/mol. The number of rotatable bonds is 4. The Labute approximate surface area is 107 Å². The lowest BCUT2D eigenvalue weighted by molar-refractivity contribution is 0.167. The van der Waals surface area contributed by atoms with Crippen molar-refractivity contribution < 1.29 is 0 Å². The molecule has 17 heavy (non-hydrogen) atoms. The molecule has 2 unspecified atom stereocenters. The van der Waals surface area contributed by atoms with Gasteiger partial charge in [-0.1, -0.05) is 33.1 Å². The first kappa shape index (κ1) is 13.4. The Bertz CT molecular complexity index is 221. The summed E-state index contributed by atoms with van der Waals surface area (Å²) in [6.07, 6.45) is 9.76. The van der Waals surface area contributed by atoms with Crippen molar-refractivity contribution in [2.75, 3.05) is 13.1 Å². The van der Waals surface area contributed by atoms with Crippen LogP contribution >= 0.6 is 0 Å². The smallest absolute Gasteiger partial charge is 0.0196 e. The zero-order valence-electron chi connectivity index (χ0n) is 11.7. The Morgan fingerprint density at radius 1 is 1.06 bits per heavy atom. The lowest BCUT2D eigenvalue weighted by Gasteiger charge is -2.34. The van der Waals surface area contributed by atoms with Crippen LogP contribution in [0, 0.1) is 11.8 Å². The van der Waals surface area contributed by atoms with Crippen LogP contribution in [0.4, 0.5) is 0 Å². The molecule has 1 heterocycles. The quantitative estimate of drug-likeness (QED) is 0.816. The van der Waals surface area contributed by atoms with Gasteiger partial charge in [0.1, 0.15) is 0 Å². The molecule has 2 fully saturated rings. The Hall–Kier alpha value is -0.0800. The number of nitrogens with zero attached hydrogens (tertiary/aromatic N) is 1. The van der Waals surface area contributed by atoms with E-state index in [1.54, 1.807) is 0 Å². The van der Waals surface area contributed by atoms with Gasteiger partial charge >= 0.3 is 0 Å². The maximum atomic E-state index is 6.45. The van der Waals surface area contributed by atoms with Crippen LogP contribution in [0.2, 0.25) is 0 Å². The molecule has 0 radical (unpaired) electrons. The Morgan fingerprint density at radius 3 is 2.41 bits per heavy atom. The van der Waals surface area contributed by atoms with Crippen molar-refractivity contribution in [2.45, 2.75) is 70.9 Å². The van der Waals surface area contributed by atoms with Crippen LogP contribution in [-0.2, 0) is 0 Å². The summed E-state index contributed by atoms with van der Waals surface area (Å²) >= 11 is 0. The van der Waals surface area contributed by atoms with E-state index in [4.69, 9.17) is 5.73 Å². The predicted molar refractivity (Wildman–Crippen MR) is 74.0 cm³/mol. The highest BCUT2D eigenvalue weighted by Crippen LogP contribution is 2.28. The standard InChI is InChI=1S/C15H30N2/c1-12(2)15-9-6-10-17(15)11-14(16)13-7-4-3-5-8-13/h12-15H,3-11,16H2,1-2H3. The zero-order chi connectivity index (χ0) is 12.3. The number of hydrogen-bond donors (Lipinski definition) is 1. The average molecular weight is 238 g/mol. The van der Waals surface area contributed by atoms with E-state index in [0.29, 0.717) is 6.04 Å². The molecule has 1 saturated carbocycles. The molecule has 1 saturated heterocycles. The van der Waals surface area contributed by atoms with Crippen molar-refractivity contribution >= 4 is 0 Å². The van der Waals surface area contributed by atoms with Gasteiger partial charge in [0.2, 0.25) is 0 Å². The van der Waals surface area contributed by atoms with E-state index in [9.17, 15) is 0 Å². The van der Waals surface area contributed by atoms with E-state index in [1.165, 1.54) is 51.5 Å². The van der Waals surface area contributed by atoms with Gasteiger partial charge in [0.15, 0.2) is 0 Å². The normalized spacial score (nSPS) is 30.0. The first-order valence-electron chi connectivity index (χ1n) is 7.68. The molecule has 2 atom stereocenters. The minimum absolute atomic E-state index is 0.426.